The summed E-state index contributed by atoms with van der Waals surface area (Å²) in [6.07, 6.45) is 6.76. The van der Waals surface area contributed by atoms with Gasteiger partial charge in [0.1, 0.15) is 0 Å². The molecule has 3 aromatic rings. The van der Waals surface area contributed by atoms with Crippen LogP contribution in [-0.2, 0) is 25.9 Å². The van der Waals surface area contributed by atoms with Gasteiger partial charge in [0.25, 0.3) is 5.91 Å². The van der Waals surface area contributed by atoms with Gasteiger partial charge in [-0.3, -0.25) is 4.79 Å². The highest BCUT2D eigenvalue weighted by Crippen LogP contribution is 2.20. The van der Waals surface area contributed by atoms with Gasteiger partial charge in [-0.2, -0.15) is 10.2 Å². The fraction of sp³-hybridized carbons (Fsp3) is 0.263. The Hall–Kier alpha value is -3.02. The first-order valence-electron chi connectivity index (χ1n) is 8.44. The standard InChI is InChI=1S/C19H19N5O/c25-19(16-6-9-21-22-12-16)23-11-8-18-17(13-23)20-14-24(18)10-7-15-4-2-1-3-5-15/h1-6,9,12,14H,7-8,10-11,13H2. The first kappa shape index (κ1) is 15.5. The minimum Gasteiger partial charge on any atom is -0.334 e. The summed E-state index contributed by atoms with van der Waals surface area (Å²) in [5.41, 5.74) is 4.13. The lowest BCUT2D eigenvalue weighted by molar-refractivity contribution is 0.0730. The average Bonchev–Trinajstić information content (AvgIpc) is 3.09. The number of rotatable bonds is 4. The molecule has 1 amide bonds. The quantitative estimate of drug-likeness (QED) is 0.733. The summed E-state index contributed by atoms with van der Waals surface area (Å²) in [6.45, 7) is 2.16. The molecule has 0 spiro atoms. The van der Waals surface area contributed by atoms with E-state index in [1.165, 1.54) is 17.5 Å². The molecule has 4 rings (SSSR count). The van der Waals surface area contributed by atoms with E-state index in [0.29, 0.717) is 18.7 Å². The number of aromatic nitrogens is 4. The van der Waals surface area contributed by atoms with Crippen LogP contribution in [0.2, 0.25) is 0 Å². The third-order valence-corrected chi connectivity index (χ3v) is 4.59. The number of aryl methyl sites for hydroxylation is 2. The Labute approximate surface area is 146 Å². The summed E-state index contributed by atoms with van der Waals surface area (Å²) in [5, 5.41) is 7.51. The predicted octanol–water partition coefficient (Wildman–Crippen LogP) is 2.11. The number of fused-ring (bicyclic) bond motifs is 1. The van der Waals surface area contributed by atoms with Gasteiger partial charge in [0.15, 0.2) is 0 Å². The van der Waals surface area contributed by atoms with E-state index < -0.39 is 0 Å². The molecule has 0 atom stereocenters. The van der Waals surface area contributed by atoms with Gasteiger partial charge in [-0.05, 0) is 18.1 Å². The van der Waals surface area contributed by atoms with Crippen molar-refractivity contribution >= 4 is 5.91 Å². The fourth-order valence-electron chi connectivity index (χ4n) is 3.23. The van der Waals surface area contributed by atoms with Gasteiger partial charge in [-0.1, -0.05) is 30.3 Å². The Morgan fingerprint density at radius 3 is 2.80 bits per heavy atom. The van der Waals surface area contributed by atoms with Crippen LogP contribution in [0.4, 0.5) is 0 Å². The number of imidazole rings is 1. The molecule has 0 aliphatic carbocycles. The minimum absolute atomic E-state index is 0.0145. The van der Waals surface area contributed by atoms with Gasteiger partial charge in [0.2, 0.25) is 0 Å². The van der Waals surface area contributed by atoms with Crippen LogP contribution in [0.15, 0.2) is 55.1 Å². The molecule has 0 saturated carbocycles. The lowest BCUT2D eigenvalue weighted by atomic mass is 10.1. The van der Waals surface area contributed by atoms with Crippen LogP contribution in [0.1, 0.15) is 27.3 Å². The summed E-state index contributed by atoms with van der Waals surface area (Å²) >= 11 is 0. The molecule has 6 heteroatoms. The molecule has 0 radical (unpaired) electrons. The van der Waals surface area contributed by atoms with Crippen LogP contribution >= 0.6 is 0 Å². The van der Waals surface area contributed by atoms with Crippen molar-refractivity contribution in [3.8, 4) is 0 Å². The van der Waals surface area contributed by atoms with Crippen molar-refractivity contribution in [2.24, 2.45) is 0 Å². The summed E-state index contributed by atoms with van der Waals surface area (Å²) < 4.78 is 2.22. The molecule has 0 bridgehead atoms. The van der Waals surface area contributed by atoms with Gasteiger partial charge in [-0.25, -0.2) is 4.98 Å². The van der Waals surface area contributed by atoms with Gasteiger partial charge in [0, 0.05) is 25.2 Å². The second kappa shape index (κ2) is 6.84. The second-order valence-electron chi connectivity index (χ2n) is 6.17. The van der Waals surface area contributed by atoms with Gasteiger partial charge in [-0.15, -0.1) is 0 Å². The molecule has 1 aliphatic rings. The van der Waals surface area contributed by atoms with E-state index in [0.717, 1.165) is 25.1 Å². The lowest BCUT2D eigenvalue weighted by Gasteiger charge is -2.27. The van der Waals surface area contributed by atoms with Gasteiger partial charge < -0.3 is 9.47 Å². The lowest BCUT2D eigenvalue weighted by Crippen LogP contribution is -2.36. The van der Waals surface area contributed by atoms with E-state index in [-0.39, 0.29) is 5.91 Å². The summed E-state index contributed by atoms with van der Waals surface area (Å²) in [7, 11) is 0. The Kier molecular flexibility index (Phi) is 4.24. The highest BCUT2D eigenvalue weighted by molar-refractivity contribution is 5.93. The molecule has 3 heterocycles. The molecule has 25 heavy (non-hydrogen) atoms. The normalized spacial score (nSPS) is 13.5. The fourth-order valence-corrected chi connectivity index (χ4v) is 3.23. The van der Waals surface area contributed by atoms with Crippen molar-refractivity contribution in [2.45, 2.75) is 25.9 Å². The van der Waals surface area contributed by atoms with Crippen LogP contribution in [0.5, 0.6) is 0 Å². The predicted molar refractivity (Wildman–Crippen MR) is 92.8 cm³/mol. The molecule has 0 saturated heterocycles. The van der Waals surface area contributed by atoms with E-state index in [2.05, 4.69) is 44.0 Å². The van der Waals surface area contributed by atoms with E-state index in [9.17, 15) is 4.79 Å². The van der Waals surface area contributed by atoms with E-state index in [1.807, 2.05) is 17.3 Å². The third kappa shape index (κ3) is 3.28. The van der Waals surface area contributed by atoms with E-state index >= 15 is 0 Å². The number of hydrogen-bond acceptors (Lipinski definition) is 4. The number of amides is 1. The third-order valence-electron chi connectivity index (χ3n) is 4.59. The van der Waals surface area contributed by atoms with Crippen molar-refractivity contribution in [3.05, 3.63) is 77.6 Å². The molecular weight excluding hydrogens is 314 g/mol. The van der Waals surface area contributed by atoms with Crippen molar-refractivity contribution in [1.29, 1.82) is 0 Å². The van der Waals surface area contributed by atoms with Crippen LogP contribution in [0.3, 0.4) is 0 Å². The van der Waals surface area contributed by atoms with E-state index in [4.69, 9.17) is 0 Å². The first-order valence-corrected chi connectivity index (χ1v) is 8.44. The maximum atomic E-state index is 12.6. The largest absolute Gasteiger partial charge is 0.334 e. The van der Waals surface area contributed by atoms with Gasteiger partial charge >= 0.3 is 0 Å². The molecule has 1 aromatic carbocycles. The summed E-state index contributed by atoms with van der Waals surface area (Å²) in [5.74, 6) is -0.0145. The topological polar surface area (TPSA) is 63.9 Å². The van der Waals surface area contributed by atoms with Crippen molar-refractivity contribution in [1.82, 2.24) is 24.6 Å². The number of hydrogen-bond donors (Lipinski definition) is 0. The molecular formula is C19H19N5O. The Bertz CT molecular complexity index is 860. The van der Waals surface area contributed by atoms with Crippen LogP contribution < -0.4 is 0 Å². The first-order chi connectivity index (χ1) is 12.3. The second-order valence-corrected chi connectivity index (χ2v) is 6.17. The molecule has 0 unspecified atom stereocenters. The monoisotopic (exact) mass is 333 g/mol. The summed E-state index contributed by atoms with van der Waals surface area (Å²) in [6, 6.07) is 12.2. The Morgan fingerprint density at radius 2 is 2.00 bits per heavy atom. The van der Waals surface area contributed by atoms with Crippen LogP contribution in [0.25, 0.3) is 0 Å². The zero-order chi connectivity index (χ0) is 17.1. The van der Waals surface area contributed by atoms with Crippen molar-refractivity contribution in [3.63, 3.8) is 0 Å². The zero-order valence-corrected chi connectivity index (χ0v) is 13.9. The number of benzene rings is 1. The molecule has 0 N–H and O–H groups in total. The summed E-state index contributed by atoms with van der Waals surface area (Å²) in [4.78, 5) is 18.9. The molecule has 2 aromatic heterocycles. The van der Waals surface area contributed by atoms with Crippen molar-refractivity contribution < 1.29 is 4.79 Å². The molecule has 1 aliphatic heterocycles. The van der Waals surface area contributed by atoms with Gasteiger partial charge in [0.05, 0.1) is 36.5 Å². The maximum Gasteiger partial charge on any atom is 0.255 e. The Morgan fingerprint density at radius 1 is 1.12 bits per heavy atom. The highest BCUT2D eigenvalue weighted by atomic mass is 16.2. The molecule has 0 fully saturated rings. The number of carbonyl (C=O) groups is 1. The molecule has 126 valence electrons. The zero-order valence-electron chi connectivity index (χ0n) is 13.9. The Balaban J connectivity index is 1.44. The smallest absolute Gasteiger partial charge is 0.255 e. The highest BCUT2D eigenvalue weighted by Gasteiger charge is 2.25. The van der Waals surface area contributed by atoms with Crippen LogP contribution in [0, 0.1) is 0 Å². The van der Waals surface area contributed by atoms with Crippen LogP contribution in [-0.4, -0.2) is 37.1 Å². The van der Waals surface area contributed by atoms with Crippen molar-refractivity contribution in [2.75, 3.05) is 6.54 Å². The minimum atomic E-state index is -0.0145. The number of carbonyl (C=O) groups excluding carboxylic acids is 1. The number of nitrogens with zero attached hydrogens (tertiary/aromatic N) is 5. The van der Waals surface area contributed by atoms with E-state index in [1.54, 1.807) is 12.3 Å². The SMILES string of the molecule is O=C(c1ccnnc1)N1CCc2c(ncn2CCc2ccccc2)C1. The molecule has 6 nitrogen and oxygen atoms in total. The average molecular weight is 333 g/mol. The maximum absolute atomic E-state index is 12.6.